The first-order chi connectivity index (χ1) is 11.5. The van der Waals surface area contributed by atoms with Crippen molar-refractivity contribution in [2.75, 3.05) is 0 Å². The van der Waals surface area contributed by atoms with E-state index in [-0.39, 0.29) is 36.4 Å². The number of amides is 1. The number of carbonyl (C=O) groups is 2. The molecule has 2 rings (SSSR count). The third-order valence-electron chi connectivity index (χ3n) is 4.51. The molecule has 0 aromatic heterocycles. The number of rotatable bonds is 6. The van der Waals surface area contributed by atoms with Gasteiger partial charge in [-0.25, -0.2) is 0 Å². The number of hydrogen-bond acceptors (Lipinski definition) is 3. The fraction of sp³-hybridized carbons (Fsp3) is 0.600. The van der Waals surface area contributed by atoms with Crippen molar-refractivity contribution in [3.05, 3.63) is 35.4 Å². The highest BCUT2D eigenvalue weighted by molar-refractivity contribution is 5.80. The molecular formula is C20H29NO3. The van der Waals surface area contributed by atoms with Crippen LogP contribution >= 0.6 is 0 Å². The maximum absolute atomic E-state index is 12.6. The molecule has 0 saturated heterocycles. The first-order valence-electron chi connectivity index (χ1n) is 9.02. The predicted molar refractivity (Wildman–Crippen MR) is 94.5 cm³/mol. The van der Waals surface area contributed by atoms with Crippen molar-refractivity contribution < 1.29 is 14.3 Å². The molecule has 1 saturated carbocycles. The highest BCUT2D eigenvalue weighted by atomic mass is 16.5. The van der Waals surface area contributed by atoms with Gasteiger partial charge in [-0.15, -0.1) is 0 Å². The monoisotopic (exact) mass is 331 g/mol. The predicted octanol–water partition coefficient (Wildman–Crippen LogP) is 4.07. The Labute approximate surface area is 145 Å². The fourth-order valence-corrected chi connectivity index (χ4v) is 3.18. The SMILES string of the molecule is Cc1ccc(C(CC(=O)OC(C)C)NC(=O)C2CCCCC2)cc1. The molecule has 1 aromatic carbocycles. The van der Waals surface area contributed by atoms with Gasteiger partial charge < -0.3 is 10.1 Å². The minimum Gasteiger partial charge on any atom is -0.463 e. The van der Waals surface area contributed by atoms with Gasteiger partial charge in [0, 0.05) is 5.92 Å². The third-order valence-corrected chi connectivity index (χ3v) is 4.51. The maximum atomic E-state index is 12.6. The molecule has 0 radical (unpaired) electrons. The van der Waals surface area contributed by atoms with E-state index < -0.39 is 0 Å². The van der Waals surface area contributed by atoms with Crippen LogP contribution in [0.2, 0.25) is 0 Å². The van der Waals surface area contributed by atoms with Crippen LogP contribution in [0.4, 0.5) is 0 Å². The van der Waals surface area contributed by atoms with Gasteiger partial charge in [-0.3, -0.25) is 9.59 Å². The van der Waals surface area contributed by atoms with E-state index >= 15 is 0 Å². The van der Waals surface area contributed by atoms with Crippen molar-refractivity contribution in [3.63, 3.8) is 0 Å². The van der Waals surface area contributed by atoms with E-state index in [0.717, 1.165) is 36.8 Å². The molecule has 1 unspecified atom stereocenters. The summed E-state index contributed by atoms with van der Waals surface area (Å²) in [7, 11) is 0. The average molecular weight is 331 g/mol. The first-order valence-corrected chi connectivity index (χ1v) is 9.02. The van der Waals surface area contributed by atoms with E-state index in [2.05, 4.69) is 5.32 Å². The molecule has 0 aliphatic heterocycles. The Balaban J connectivity index is 2.07. The Kier molecular flexibility index (Phi) is 6.83. The fourth-order valence-electron chi connectivity index (χ4n) is 3.18. The molecule has 0 spiro atoms. The standard InChI is InChI=1S/C20H29NO3/c1-14(2)24-19(22)13-18(16-11-9-15(3)10-12-16)21-20(23)17-7-5-4-6-8-17/h9-12,14,17-18H,4-8,13H2,1-3H3,(H,21,23). The van der Waals surface area contributed by atoms with Crippen LogP contribution in [0.1, 0.15) is 69.5 Å². The topological polar surface area (TPSA) is 55.4 Å². The molecule has 1 aliphatic rings. The van der Waals surface area contributed by atoms with Crippen molar-refractivity contribution in [2.24, 2.45) is 5.92 Å². The normalized spacial score (nSPS) is 16.7. The smallest absolute Gasteiger partial charge is 0.308 e. The van der Waals surface area contributed by atoms with Crippen molar-refractivity contribution in [1.29, 1.82) is 0 Å². The molecule has 4 heteroatoms. The molecule has 1 fully saturated rings. The maximum Gasteiger partial charge on any atom is 0.308 e. The lowest BCUT2D eigenvalue weighted by Gasteiger charge is -2.25. The van der Waals surface area contributed by atoms with E-state index in [4.69, 9.17) is 4.74 Å². The quantitative estimate of drug-likeness (QED) is 0.799. The van der Waals surface area contributed by atoms with Crippen molar-refractivity contribution in [3.8, 4) is 0 Å². The van der Waals surface area contributed by atoms with Crippen molar-refractivity contribution in [1.82, 2.24) is 5.32 Å². The van der Waals surface area contributed by atoms with Gasteiger partial charge in [0.05, 0.1) is 18.6 Å². The van der Waals surface area contributed by atoms with Gasteiger partial charge in [0.2, 0.25) is 5.91 Å². The number of benzene rings is 1. The zero-order valence-corrected chi connectivity index (χ0v) is 15.0. The van der Waals surface area contributed by atoms with Crippen molar-refractivity contribution in [2.45, 2.75) is 71.4 Å². The second-order valence-corrected chi connectivity index (χ2v) is 7.05. The highest BCUT2D eigenvalue weighted by Crippen LogP contribution is 2.26. The number of esters is 1. The Bertz CT molecular complexity index is 545. The number of carbonyl (C=O) groups excluding carboxylic acids is 2. The van der Waals surface area contributed by atoms with Crippen molar-refractivity contribution >= 4 is 11.9 Å². The second kappa shape index (κ2) is 8.86. The molecule has 1 amide bonds. The zero-order chi connectivity index (χ0) is 17.5. The lowest BCUT2D eigenvalue weighted by Crippen LogP contribution is -2.36. The minimum atomic E-state index is -0.328. The molecule has 1 aliphatic carbocycles. The summed E-state index contributed by atoms with van der Waals surface area (Å²) < 4.78 is 5.26. The zero-order valence-electron chi connectivity index (χ0n) is 15.0. The Morgan fingerprint density at radius 1 is 1.12 bits per heavy atom. The van der Waals surface area contributed by atoms with Crippen LogP contribution in [0.5, 0.6) is 0 Å². The average Bonchev–Trinajstić information content (AvgIpc) is 2.55. The summed E-state index contributed by atoms with van der Waals surface area (Å²) in [5, 5.41) is 3.09. The Morgan fingerprint density at radius 2 is 1.75 bits per heavy atom. The van der Waals surface area contributed by atoms with Gasteiger partial charge in [-0.05, 0) is 39.2 Å². The van der Waals surface area contributed by atoms with Gasteiger partial charge in [0.25, 0.3) is 0 Å². The summed E-state index contributed by atoms with van der Waals surface area (Å²) in [6, 6.07) is 7.63. The summed E-state index contributed by atoms with van der Waals surface area (Å²) in [6.07, 6.45) is 5.35. The van der Waals surface area contributed by atoms with Crippen LogP contribution in [0.25, 0.3) is 0 Å². The van der Waals surface area contributed by atoms with Gasteiger partial charge in [0.1, 0.15) is 0 Å². The van der Waals surface area contributed by atoms with Crippen LogP contribution in [0.15, 0.2) is 24.3 Å². The van der Waals surface area contributed by atoms with E-state index in [9.17, 15) is 9.59 Å². The van der Waals surface area contributed by atoms with E-state index in [1.807, 2.05) is 45.0 Å². The molecule has 132 valence electrons. The summed E-state index contributed by atoms with van der Waals surface area (Å²) in [6.45, 7) is 5.69. The lowest BCUT2D eigenvalue weighted by atomic mass is 9.88. The summed E-state index contributed by atoms with van der Waals surface area (Å²) in [5.41, 5.74) is 2.10. The van der Waals surface area contributed by atoms with Gasteiger partial charge >= 0.3 is 5.97 Å². The number of hydrogen-bond donors (Lipinski definition) is 1. The van der Waals surface area contributed by atoms with Gasteiger partial charge in [-0.2, -0.15) is 0 Å². The molecule has 1 aromatic rings. The largest absolute Gasteiger partial charge is 0.463 e. The van der Waals surface area contributed by atoms with Crippen LogP contribution < -0.4 is 5.32 Å². The number of aryl methyl sites for hydroxylation is 1. The number of nitrogens with one attached hydrogen (secondary N) is 1. The molecule has 1 N–H and O–H groups in total. The van der Waals surface area contributed by atoms with E-state index in [1.54, 1.807) is 0 Å². The molecule has 0 bridgehead atoms. The van der Waals surface area contributed by atoms with E-state index in [1.165, 1.54) is 6.42 Å². The van der Waals surface area contributed by atoms with E-state index in [0.29, 0.717) is 0 Å². The molecular weight excluding hydrogens is 302 g/mol. The first kappa shape index (κ1) is 18.5. The molecule has 0 heterocycles. The Morgan fingerprint density at radius 3 is 2.33 bits per heavy atom. The highest BCUT2D eigenvalue weighted by Gasteiger charge is 2.25. The third kappa shape index (κ3) is 5.66. The molecule has 4 nitrogen and oxygen atoms in total. The second-order valence-electron chi connectivity index (χ2n) is 7.05. The minimum absolute atomic E-state index is 0.0672. The summed E-state index contributed by atoms with van der Waals surface area (Å²) >= 11 is 0. The van der Waals surface area contributed by atoms with Crippen LogP contribution in [-0.4, -0.2) is 18.0 Å². The van der Waals surface area contributed by atoms with Gasteiger partial charge in [-0.1, -0.05) is 49.1 Å². The molecule has 24 heavy (non-hydrogen) atoms. The number of ether oxygens (including phenoxy) is 1. The Hall–Kier alpha value is -1.84. The summed E-state index contributed by atoms with van der Waals surface area (Å²) in [4.78, 5) is 24.7. The van der Waals surface area contributed by atoms with Gasteiger partial charge in [0.15, 0.2) is 0 Å². The molecule has 1 atom stereocenters. The van der Waals surface area contributed by atoms with Crippen LogP contribution in [0.3, 0.4) is 0 Å². The lowest BCUT2D eigenvalue weighted by molar-refractivity contribution is -0.148. The van der Waals surface area contributed by atoms with Crippen LogP contribution in [0, 0.1) is 12.8 Å². The van der Waals surface area contributed by atoms with Crippen LogP contribution in [-0.2, 0) is 14.3 Å². The summed E-state index contributed by atoms with van der Waals surface area (Å²) in [5.74, 6) is -0.134.